The summed E-state index contributed by atoms with van der Waals surface area (Å²) >= 11 is 0. The van der Waals surface area contributed by atoms with Gasteiger partial charge in [-0.05, 0) is 49.6 Å². The molecule has 0 aliphatic carbocycles. The molecular weight excluding hydrogens is 412 g/mol. The van der Waals surface area contributed by atoms with Crippen LogP contribution in [-0.2, 0) is 14.8 Å². The highest BCUT2D eigenvalue weighted by atomic mass is 32.2. The molecule has 1 fully saturated rings. The van der Waals surface area contributed by atoms with Crippen LogP contribution < -0.4 is 10.2 Å². The average molecular weight is 441 g/mol. The second-order valence-electron chi connectivity index (χ2n) is 8.07. The van der Waals surface area contributed by atoms with Gasteiger partial charge in [-0.3, -0.25) is 4.79 Å². The Labute approximate surface area is 183 Å². The van der Waals surface area contributed by atoms with Crippen LogP contribution in [0.5, 0.6) is 0 Å². The zero-order chi connectivity index (χ0) is 22.0. The van der Waals surface area contributed by atoms with E-state index < -0.39 is 10.0 Å². The number of hydrogen-bond donors (Lipinski definition) is 1. The summed E-state index contributed by atoms with van der Waals surface area (Å²) in [5, 5.41) is 3.08. The third-order valence-corrected chi connectivity index (χ3v) is 7.40. The molecule has 7 nitrogen and oxygen atoms in total. The van der Waals surface area contributed by atoms with Crippen molar-refractivity contribution < 1.29 is 13.2 Å². The van der Waals surface area contributed by atoms with Gasteiger partial charge in [0.2, 0.25) is 5.91 Å². The number of nitrogens with zero attached hydrogens (tertiary/aromatic N) is 3. The molecule has 0 spiro atoms. The Kier molecular flexibility index (Phi) is 6.00. The molecule has 8 heteroatoms. The minimum absolute atomic E-state index is 0.111. The fraction of sp³-hybridized carbons (Fsp3) is 0.391. The smallest absolute Gasteiger partial charge is 0.286 e. The van der Waals surface area contributed by atoms with E-state index in [9.17, 15) is 13.2 Å². The first-order chi connectivity index (χ1) is 14.8. The fourth-order valence-corrected chi connectivity index (χ4v) is 5.29. The third kappa shape index (κ3) is 4.58. The highest BCUT2D eigenvalue weighted by molar-refractivity contribution is 7.90. The van der Waals surface area contributed by atoms with E-state index in [1.807, 2.05) is 4.90 Å². The molecule has 4 rings (SSSR count). The number of piperazine rings is 1. The van der Waals surface area contributed by atoms with Crippen molar-refractivity contribution in [3.63, 3.8) is 0 Å². The molecule has 0 saturated carbocycles. The van der Waals surface area contributed by atoms with E-state index in [1.54, 1.807) is 24.3 Å². The van der Waals surface area contributed by atoms with Crippen LogP contribution >= 0.6 is 0 Å². The van der Waals surface area contributed by atoms with Gasteiger partial charge in [-0.2, -0.15) is 8.42 Å². The zero-order valence-electron chi connectivity index (χ0n) is 18.0. The standard InChI is InChI=1S/C23H28N4O3S/c1-17-7-5-9-20(18(17)2)26-13-15-27(16-14-26)23(28)12-6-11-22-24-19-8-3-4-10-21(19)31(29,30)25-22/h3-5,7-10H,6,11-16H2,1-2H3,(H,24,25). The maximum absolute atomic E-state index is 12.7. The molecule has 164 valence electrons. The Balaban J connectivity index is 1.28. The number of para-hydroxylation sites is 1. The van der Waals surface area contributed by atoms with Crippen molar-refractivity contribution in [2.45, 2.75) is 38.0 Å². The first kappa shape index (κ1) is 21.4. The summed E-state index contributed by atoms with van der Waals surface area (Å²) in [5.41, 5.74) is 4.36. The van der Waals surface area contributed by atoms with Crippen LogP contribution in [0.3, 0.4) is 0 Å². The maximum atomic E-state index is 12.7. The van der Waals surface area contributed by atoms with Crippen molar-refractivity contribution in [2.75, 3.05) is 36.4 Å². The van der Waals surface area contributed by atoms with Gasteiger partial charge in [0.05, 0.1) is 5.69 Å². The van der Waals surface area contributed by atoms with Gasteiger partial charge in [0, 0.05) is 44.7 Å². The van der Waals surface area contributed by atoms with Crippen molar-refractivity contribution in [2.24, 2.45) is 4.40 Å². The molecule has 1 saturated heterocycles. The van der Waals surface area contributed by atoms with E-state index in [0.29, 0.717) is 43.9 Å². The summed E-state index contributed by atoms with van der Waals surface area (Å²) in [6.45, 7) is 7.30. The predicted molar refractivity (Wildman–Crippen MR) is 123 cm³/mol. The van der Waals surface area contributed by atoms with Crippen LogP contribution in [0.15, 0.2) is 51.8 Å². The lowest BCUT2D eigenvalue weighted by molar-refractivity contribution is -0.131. The molecule has 0 unspecified atom stereocenters. The average Bonchev–Trinajstić information content (AvgIpc) is 2.75. The van der Waals surface area contributed by atoms with E-state index >= 15 is 0 Å². The summed E-state index contributed by atoms with van der Waals surface area (Å²) in [7, 11) is -3.68. The van der Waals surface area contributed by atoms with Gasteiger partial charge < -0.3 is 15.1 Å². The molecule has 2 aromatic rings. The van der Waals surface area contributed by atoms with E-state index in [2.05, 4.69) is 46.7 Å². The number of anilines is 2. The van der Waals surface area contributed by atoms with Crippen molar-refractivity contribution in [1.29, 1.82) is 0 Å². The number of carbonyl (C=O) groups excluding carboxylic acids is 1. The number of rotatable bonds is 5. The first-order valence-corrected chi connectivity index (χ1v) is 12.1. The molecule has 0 aromatic heterocycles. The number of carbonyl (C=O) groups is 1. The lowest BCUT2D eigenvalue weighted by Crippen LogP contribution is -2.49. The number of nitrogens with one attached hydrogen (secondary N) is 1. The number of aryl methyl sites for hydroxylation is 1. The number of amides is 1. The van der Waals surface area contributed by atoms with Crippen LogP contribution in [0.1, 0.15) is 30.4 Å². The first-order valence-electron chi connectivity index (χ1n) is 10.6. The third-order valence-electron chi connectivity index (χ3n) is 6.03. The summed E-state index contributed by atoms with van der Waals surface area (Å²) in [6.07, 6.45) is 1.35. The summed E-state index contributed by atoms with van der Waals surface area (Å²) in [6, 6.07) is 13.1. The highest BCUT2D eigenvalue weighted by Gasteiger charge is 2.25. The molecule has 2 aromatic carbocycles. The Bertz CT molecular complexity index is 1120. The molecular formula is C23H28N4O3S. The summed E-state index contributed by atoms with van der Waals surface area (Å²) in [4.78, 5) is 17.1. The minimum atomic E-state index is -3.68. The second kappa shape index (κ2) is 8.70. The highest BCUT2D eigenvalue weighted by Crippen LogP contribution is 2.28. The maximum Gasteiger partial charge on any atom is 0.286 e. The van der Waals surface area contributed by atoms with Crippen LogP contribution in [-0.4, -0.2) is 51.2 Å². The van der Waals surface area contributed by atoms with Crippen LogP contribution in [0.4, 0.5) is 11.4 Å². The minimum Gasteiger partial charge on any atom is -0.368 e. The molecule has 0 atom stereocenters. The topological polar surface area (TPSA) is 82.1 Å². The van der Waals surface area contributed by atoms with Gasteiger partial charge in [0.1, 0.15) is 10.7 Å². The molecule has 1 N–H and O–H groups in total. The second-order valence-corrected chi connectivity index (χ2v) is 9.65. The largest absolute Gasteiger partial charge is 0.368 e. The van der Waals surface area contributed by atoms with Crippen LogP contribution in [0.25, 0.3) is 0 Å². The normalized spacial score (nSPS) is 17.5. The van der Waals surface area contributed by atoms with Gasteiger partial charge in [0.15, 0.2) is 0 Å². The van der Waals surface area contributed by atoms with Gasteiger partial charge in [-0.15, -0.1) is 4.40 Å². The van der Waals surface area contributed by atoms with E-state index in [-0.39, 0.29) is 10.8 Å². The summed E-state index contributed by atoms with van der Waals surface area (Å²) < 4.78 is 28.5. The van der Waals surface area contributed by atoms with Gasteiger partial charge >= 0.3 is 0 Å². The summed E-state index contributed by atoms with van der Waals surface area (Å²) in [5.74, 6) is 0.506. The van der Waals surface area contributed by atoms with Gasteiger partial charge in [-0.25, -0.2) is 0 Å². The number of benzene rings is 2. The van der Waals surface area contributed by atoms with Crippen LogP contribution in [0, 0.1) is 13.8 Å². The molecule has 2 aliphatic heterocycles. The van der Waals surface area contributed by atoms with Crippen molar-refractivity contribution in [1.82, 2.24) is 4.90 Å². The SMILES string of the molecule is Cc1cccc(N2CCN(C(=O)CCCC3=NS(=O)(=O)c4ccccc4N3)CC2)c1C. The predicted octanol–water partition coefficient (Wildman–Crippen LogP) is 3.34. The van der Waals surface area contributed by atoms with E-state index in [0.717, 1.165) is 13.1 Å². The van der Waals surface area contributed by atoms with E-state index in [4.69, 9.17) is 0 Å². The van der Waals surface area contributed by atoms with E-state index in [1.165, 1.54) is 16.8 Å². The Hall–Kier alpha value is -2.87. The number of hydrogen-bond acceptors (Lipinski definition) is 5. The molecule has 0 bridgehead atoms. The number of sulfonamides is 1. The Morgan fingerprint density at radius 1 is 1.03 bits per heavy atom. The molecule has 1 amide bonds. The van der Waals surface area contributed by atoms with Gasteiger partial charge in [0.25, 0.3) is 10.0 Å². The molecule has 31 heavy (non-hydrogen) atoms. The van der Waals surface area contributed by atoms with Crippen LogP contribution in [0.2, 0.25) is 0 Å². The number of amidine groups is 1. The molecule has 2 aliphatic rings. The Morgan fingerprint density at radius 2 is 1.77 bits per heavy atom. The lowest BCUT2D eigenvalue weighted by atomic mass is 10.1. The monoisotopic (exact) mass is 440 g/mol. The Morgan fingerprint density at radius 3 is 2.55 bits per heavy atom. The number of fused-ring (bicyclic) bond motifs is 1. The zero-order valence-corrected chi connectivity index (χ0v) is 18.8. The molecule has 2 heterocycles. The quantitative estimate of drug-likeness (QED) is 0.771. The van der Waals surface area contributed by atoms with Gasteiger partial charge in [-0.1, -0.05) is 24.3 Å². The van der Waals surface area contributed by atoms with Crippen molar-refractivity contribution >= 4 is 33.1 Å². The molecule has 0 radical (unpaired) electrons. The van der Waals surface area contributed by atoms with Crippen molar-refractivity contribution in [3.05, 3.63) is 53.6 Å². The van der Waals surface area contributed by atoms with Crippen molar-refractivity contribution in [3.8, 4) is 0 Å². The fourth-order valence-electron chi connectivity index (χ4n) is 4.12. The lowest BCUT2D eigenvalue weighted by Gasteiger charge is -2.37.